The van der Waals surface area contributed by atoms with Crippen LogP contribution in [0, 0.1) is 0 Å². The molecule has 1 aromatic rings. The number of hydrogen-bond acceptors (Lipinski definition) is 4. The molecule has 104 valence electrons. The Hall–Kier alpha value is -0.910. The zero-order valence-electron chi connectivity index (χ0n) is 11.1. The summed E-state index contributed by atoms with van der Waals surface area (Å²) in [4.78, 5) is 14.9. The summed E-state index contributed by atoms with van der Waals surface area (Å²) in [6.07, 6.45) is 5.08. The zero-order valence-corrected chi connectivity index (χ0v) is 11.9. The van der Waals surface area contributed by atoms with Crippen LogP contribution in [0.3, 0.4) is 0 Å². The molecule has 0 aromatic carbocycles. The Morgan fingerprint density at radius 3 is 2.95 bits per heavy atom. The number of rotatable bonds is 3. The van der Waals surface area contributed by atoms with Gasteiger partial charge in [-0.2, -0.15) is 0 Å². The van der Waals surface area contributed by atoms with Gasteiger partial charge < -0.3 is 10.5 Å². The molecule has 0 radical (unpaired) electrons. The highest BCUT2D eigenvalue weighted by molar-refractivity contribution is 7.10. The van der Waals surface area contributed by atoms with Gasteiger partial charge in [-0.25, -0.2) is 0 Å². The minimum atomic E-state index is -0.333. The summed E-state index contributed by atoms with van der Waals surface area (Å²) in [5.74, 6) is -0.333. The van der Waals surface area contributed by atoms with E-state index in [0.717, 1.165) is 26.3 Å². The number of ether oxygens (including phenoxy) is 1. The van der Waals surface area contributed by atoms with E-state index in [-0.39, 0.29) is 11.4 Å². The van der Waals surface area contributed by atoms with Crippen LogP contribution in [0.2, 0.25) is 0 Å². The number of carbonyl (C=O) groups is 1. The van der Waals surface area contributed by atoms with Gasteiger partial charge >= 0.3 is 0 Å². The molecule has 0 atom stereocenters. The van der Waals surface area contributed by atoms with Crippen molar-refractivity contribution < 1.29 is 9.53 Å². The summed E-state index contributed by atoms with van der Waals surface area (Å²) in [6, 6.07) is 1.94. The number of hydrogen-bond donors (Lipinski definition) is 1. The monoisotopic (exact) mass is 280 g/mol. The molecule has 1 aliphatic heterocycles. The van der Waals surface area contributed by atoms with Gasteiger partial charge in [0.2, 0.25) is 5.91 Å². The SMILES string of the molecule is NC(=O)c1csc(CN2CCOCC23CCCC3)c1. The number of morpholine rings is 1. The van der Waals surface area contributed by atoms with Gasteiger partial charge in [0.05, 0.1) is 18.8 Å². The highest BCUT2D eigenvalue weighted by Crippen LogP contribution is 2.38. The van der Waals surface area contributed by atoms with Crippen molar-refractivity contribution >= 4 is 17.2 Å². The first-order valence-corrected chi connectivity index (χ1v) is 7.78. The van der Waals surface area contributed by atoms with E-state index in [4.69, 9.17) is 10.5 Å². The van der Waals surface area contributed by atoms with Gasteiger partial charge in [0.25, 0.3) is 0 Å². The highest BCUT2D eigenvalue weighted by atomic mass is 32.1. The first-order valence-electron chi connectivity index (χ1n) is 6.90. The fraction of sp³-hybridized carbons (Fsp3) is 0.643. The van der Waals surface area contributed by atoms with Crippen molar-refractivity contribution in [1.29, 1.82) is 0 Å². The summed E-state index contributed by atoms with van der Waals surface area (Å²) < 4.78 is 5.71. The van der Waals surface area contributed by atoms with Crippen molar-refractivity contribution in [3.8, 4) is 0 Å². The van der Waals surface area contributed by atoms with E-state index in [2.05, 4.69) is 4.90 Å². The van der Waals surface area contributed by atoms with Gasteiger partial charge in [0.15, 0.2) is 0 Å². The summed E-state index contributed by atoms with van der Waals surface area (Å²) in [7, 11) is 0. The molecule has 2 aliphatic rings. The maximum atomic E-state index is 11.2. The van der Waals surface area contributed by atoms with Crippen molar-refractivity contribution in [3.05, 3.63) is 21.9 Å². The van der Waals surface area contributed by atoms with Crippen molar-refractivity contribution in [2.45, 2.75) is 37.8 Å². The van der Waals surface area contributed by atoms with E-state index in [1.807, 2.05) is 11.4 Å². The van der Waals surface area contributed by atoms with Crippen molar-refractivity contribution in [2.24, 2.45) is 5.73 Å². The summed E-state index contributed by atoms with van der Waals surface area (Å²) in [5.41, 5.74) is 6.19. The predicted molar refractivity (Wildman–Crippen MR) is 75.3 cm³/mol. The van der Waals surface area contributed by atoms with Crippen LogP contribution in [0.25, 0.3) is 0 Å². The lowest BCUT2D eigenvalue weighted by Crippen LogP contribution is -2.54. The fourth-order valence-electron chi connectivity index (χ4n) is 3.29. The number of amides is 1. The lowest BCUT2D eigenvalue weighted by Gasteiger charge is -2.44. The van der Waals surface area contributed by atoms with Crippen molar-refractivity contribution in [2.75, 3.05) is 19.8 Å². The Labute approximate surface area is 117 Å². The number of thiophene rings is 1. The standard InChI is InChI=1S/C14H20N2O2S/c15-13(17)11-7-12(19-9-11)8-16-5-6-18-10-14(16)3-1-2-4-14/h7,9H,1-6,8,10H2,(H2,15,17). The fourth-order valence-corrected chi connectivity index (χ4v) is 4.17. The zero-order chi connectivity index (χ0) is 13.3. The maximum Gasteiger partial charge on any atom is 0.249 e. The average Bonchev–Trinajstić information content (AvgIpc) is 3.02. The van der Waals surface area contributed by atoms with E-state index in [9.17, 15) is 4.79 Å². The molecule has 19 heavy (non-hydrogen) atoms. The Morgan fingerprint density at radius 2 is 2.26 bits per heavy atom. The van der Waals surface area contributed by atoms with Crippen LogP contribution in [0.4, 0.5) is 0 Å². The van der Waals surface area contributed by atoms with E-state index >= 15 is 0 Å². The molecule has 1 spiro atoms. The first-order chi connectivity index (χ1) is 9.20. The molecular formula is C14H20N2O2S. The number of primary amides is 1. The van der Waals surface area contributed by atoms with E-state index in [1.165, 1.54) is 30.6 Å². The molecule has 2 heterocycles. The molecule has 2 N–H and O–H groups in total. The molecule has 1 amide bonds. The van der Waals surface area contributed by atoms with Crippen LogP contribution < -0.4 is 5.73 Å². The molecule has 0 unspecified atom stereocenters. The second-order valence-corrected chi connectivity index (χ2v) is 6.57. The lowest BCUT2D eigenvalue weighted by atomic mass is 9.94. The molecule has 2 fully saturated rings. The molecule has 5 heteroatoms. The molecular weight excluding hydrogens is 260 g/mol. The Bertz CT molecular complexity index is 466. The Kier molecular flexibility index (Phi) is 3.60. The van der Waals surface area contributed by atoms with Crippen LogP contribution in [-0.2, 0) is 11.3 Å². The van der Waals surface area contributed by atoms with Gasteiger partial charge in [-0.05, 0) is 18.9 Å². The molecule has 1 aliphatic carbocycles. The average molecular weight is 280 g/mol. The van der Waals surface area contributed by atoms with Gasteiger partial charge in [-0.1, -0.05) is 12.8 Å². The Balaban J connectivity index is 1.74. The van der Waals surface area contributed by atoms with Gasteiger partial charge in [0.1, 0.15) is 0 Å². The smallest absolute Gasteiger partial charge is 0.249 e. The predicted octanol–water partition coefficient (Wildman–Crippen LogP) is 1.99. The summed E-state index contributed by atoms with van der Waals surface area (Å²) in [6.45, 7) is 3.59. The van der Waals surface area contributed by atoms with Crippen LogP contribution in [0.5, 0.6) is 0 Å². The second-order valence-electron chi connectivity index (χ2n) is 5.57. The van der Waals surface area contributed by atoms with Crippen LogP contribution in [0.1, 0.15) is 40.9 Å². The minimum Gasteiger partial charge on any atom is -0.378 e. The molecule has 1 saturated carbocycles. The van der Waals surface area contributed by atoms with E-state index in [0.29, 0.717) is 5.56 Å². The van der Waals surface area contributed by atoms with Gasteiger partial charge in [0, 0.05) is 28.9 Å². The van der Waals surface area contributed by atoms with Crippen LogP contribution >= 0.6 is 11.3 Å². The van der Waals surface area contributed by atoms with Crippen LogP contribution in [-0.4, -0.2) is 36.1 Å². The van der Waals surface area contributed by atoms with Crippen molar-refractivity contribution in [1.82, 2.24) is 4.90 Å². The summed E-state index contributed by atoms with van der Waals surface area (Å²) >= 11 is 1.63. The number of nitrogens with two attached hydrogens (primary N) is 1. The van der Waals surface area contributed by atoms with E-state index in [1.54, 1.807) is 11.3 Å². The lowest BCUT2D eigenvalue weighted by molar-refractivity contribution is -0.0698. The second kappa shape index (κ2) is 5.23. The maximum absolute atomic E-state index is 11.2. The molecule has 1 saturated heterocycles. The molecule has 4 nitrogen and oxygen atoms in total. The van der Waals surface area contributed by atoms with E-state index < -0.39 is 0 Å². The first kappa shape index (κ1) is 13.1. The van der Waals surface area contributed by atoms with Gasteiger partial charge in [-0.3, -0.25) is 9.69 Å². The van der Waals surface area contributed by atoms with Crippen LogP contribution in [0.15, 0.2) is 11.4 Å². The Morgan fingerprint density at radius 1 is 1.47 bits per heavy atom. The molecule has 0 bridgehead atoms. The topological polar surface area (TPSA) is 55.6 Å². The third-order valence-electron chi connectivity index (χ3n) is 4.37. The molecule has 1 aromatic heterocycles. The quantitative estimate of drug-likeness (QED) is 0.921. The number of carbonyl (C=O) groups excluding carboxylic acids is 1. The highest BCUT2D eigenvalue weighted by Gasteiger charge is 2.41. The normalized spacial score (nSPS) is 22.9. The van der Waals surface area contributed by atoms with Gasteiger partial charge in [-0.15, -0.1) is 11.3 Å². The third-order valence-corrected chi connectivity index (χ3v) is 5.29. The largest absolute Gasteiger partial charge is 0.378 e. The number of nitrogens with zero attached hydrogens (tertiary/aromatic N) is 1. The van der Waals surface area contributed by atoms with Crippen molar-refractivity contribution in [3.63, 3.8) is 0 Å². The summed E-state index contributed by atoms with van der Waals surface area (Å²) in [5, 5.41) is 1.86. The molecule has 3 rings (SSSR count). The minimum absolute atomic E-state index is 0.245. The third kappa shape index (κ3) is 2.55.